The Kier molecular flexibility index (Phi) is 4.58. The summed E-state index contributed by atoms with van der Waals surface area (Å²) in [5.41, 5.74) is 2.37. The van der Waals surface area contributed by atoms with E-state index in [1.54, 1.807) is 0 Å². The highest BCUT2D eigenvalue weighted by atomic mass is 32.2. The Morgan fingerprint density at radius 1 is 1.05 bits per heavy atom. The highest BCUT2D eigenvalue weighted by Gasteiger charge is 2.24. The van der Waals surface area contributed by atoms with E-state index in [1.807, 2.05) is 39.0 Å². The van der Waals surface area contributed by atoms with Crippen molar-refractivity contribution >= 4 is 17.5 Å². The van der Waals surface area contributed by atoms with E-state index >= 15 is 0 Å². The van der Waals surface area contributed by atoms with E-state index in [0.717, 1.165) is 16.0 Å². The summed E-state index contributed by atoms with van der Waals surface area (Å²) < 4.78 is 0. The van der Waals surface area contributed by atoms with Gasteiger partial charge in [-0.15, -0.1) is 0 Å². The van der Waals surface area contributed by atoms with Gasteiger partial charge in [-0.1, -0.05) is 37.7 Å². The first-order valence-corrected chi connectivity index (χ1v) is 7.73. The molecule has 3 nitrogen and oxygen atoms in total. The maximum atomic E-state index is 12.2. The predicted molar refractivity (Wildman–Crippen MR) is 84.5 cm³/mol. The van der Waals surface area contributed by atoms with Crippen LogP contribution in [0, 0.1) is 6.92 Å². The summed E-state index contributed by atoms with van der Waals surface area (Å²) >= 11 is 1.41. The Balaban J connectivity index is 0.000000774. The lowest BCUT2D eigenvalue weighted by Gasteiger charge is -2.07. The molecule has 0 saturated carbocycles. The van der Waals surface area contributed by atoms with Crippen LogP contribution in [-0.2, 0) is 6.42 Å². The largest absolute Gasteiger partial charge is 0.508 e. The summed E-state index contributed by atoms with van der Waals surface area (Å²) in [6, 6.07) is 8.66. The molecule has 0 unspecified atom stereocenters. The molecule has 4 heteroatoms. The Morgan fingerprint density at radius 2 is 1.76 bits per heavy atom. The first kappa shape index (κ1) is 15.4. The predicted octanol–water partition coefficient (Wildman–Crippen LogP) is 4.32. The molecule has 0 aliphatic carbocycles. The summed E-state index contributed by atoms with van der Waals surface area (Å²) in [7, 11) is 0. The van der Waals surface area contributed by atoms with Crippen molar-refractivity contribution in [3.8, 4) is 11.5 Å². The molecule has 21 heavy (non-hydrogen) atoms. The molecule has 0 bridgehead atoms. The second-order valence-electron chi connectivity index (χ2n) is 4.65. The number of phenols is 2. The molecule has 2 aromatic rings. The van der Waals surface area contributed by atoms with Crippen LogP contribution in [0.4, 0.5) is 0 Å². The Hall–Kier alpha value is -1.94. The first-order chi connectivity index (χ1) is 10.0. The van der Waals surface area contributed by atoms with Gasteiger partial charge in [0.05, 0.1) is 5.56 Å². The second kappa shape index (κ2) is 6.22. The Labute approximate surface area is 128 Å². The lowest BCUT2D eigenvalue weighted by molar-refractivity contribution is 0.0987. The van der Waals surface area contributed by atoms with E-state index in [9.17, 15) is 15.0 Å². The lowest BCUT2D eigenvalue weighted by Crippen LogP contribution is -2.03. The van der Waals surface area contributed by atoms with Crippen LogP contribution < -0.4 is 0 Å². The highest BCUT2D eigenvalue weighted by Crippen LogP contribution is 2.42. The molecule has 110 valence electrons. The molecule has 2 N–H and O–H groups in total. The van der Waals surface area contributed by atoms with Gasteiger partial charge < -0.3 is 10.2 Å². The minimum atomic E-state index is -0.156. The van der Waals surface area contributed by atoms with E-state index in [2.05, 4.69) is 0 Å². The van der Waals surface area contributed by atoms with Gasteiger partial charge in [-0.05, 0) is 30.2 Å². The molecule has 1 aliphatic rings. The number of carbonyl (C=O) groups is 1. The van der Waals surface area contributed by atoms with E-state index in [4.69, 9.17) is 0 Å². The molecular weight excluding hydrogens is 284 g/mol. The maximum Gasteiger partial charge on any atom is 0.172 e. The fraction of sp³-hybridized carbons (Fsp3) is 0.235. The van der Waals surface area contributed by atoms with E-state index in [1.165, 1.54) is 23.9 Å². The van der Waals surface area contributed by atoms with Crippen LogP contribution in [-0.4, -0.2) is 16.0 Å². The zero-order valence-electron chi connectivity index (χ0n) is 12.3. The SMILES string of the molecule is CC.Cc1ccc2c(c1)Sc1cc(O)cc(O)c1C(=O)C2. The van der Waals surface area contributed by atoms with Crippen LogP contribution in [0.1, 0.15) is 35.3 Å². The number of benzene rings is 2. The van der Waals surface area contributed by atoms with Gasteiger partial charge in [-0.2, -0.15) is 0 Å². The molecule has 0 fully saturated rings. The standard InChI is InChI=1S/C15H12O3S.C2H6/c1-8-2-3-9-5-11(17)15-12(18)6-10(16)7-14(15)19-13(9)4-8;1-2/h2-4,6-7,16,18H,5H2,1H3;1-2H3. The van der Waals surface area contributed by atoms with Gasteiger partial charge in [0.1, 0.15) is 11.5 Å². The van der Waals surface area contributed by atoms with Crippen LogP contribution in [0.2, 0.25) is 0 Å². The van der Waals surface area contributed by atoms with E-state index < -0.39 is 0 Å². The van der Waals surface area contributed by atoms with Crippen molar-refractivity contribution in [2.45, 2.75) is 37.0 Å². The van der Waals surface area contributed by atoms with Gasteiger partial charge in [0.25, 0.3) is 0 Å². The molecule has 2 aromatic carbocycles. The van der Waals surface area contributed by atoms with E-state index in [-0.39, 0.29) is 23.7 Å². The third-order valence-corrected chi connectivity index (χ3v) is 4.28. The van der Waals surface area contributed by atoms with Crippen LogP contribution in [0.15, 0.2) is 40.1 Å². The minimum Gasteiger partial charge on any atom is -0.508 e. The molecule has 0 spiro atoms. The normalized spacial score (nSPS) is 12.6. The summed E-state index contributed by atoms with van der Waals surface area (Å²) in [4.78, 5) is 13.8. The molecule has 1 aliphatic heterocycles. The fourth-order valence-electron chi connectivity index (χ4n) is 2.23. The van der Waals surface area contributed by atoms with Crippen LogP contribution in [0.25, 0.3) is 0 Å². The number of aromatic hydroxyl groups is 2. The topological polar surface area (TPSA) is 57.5 Å². The van der Waals surface area contributed by atoms with Crippen molar-refractivity contribution in [3.05, 3.63) is 47.0 Å². The summed E-state index contributed by atoms with van der Waals surface area (Å²) in [6.45, 7) is 5.99. The first-order valence-electron chi connectivity index (χ1n) is 6.91. The summed E-state index contributed by atoms with van der Waals surface area (Å²) in [5.74, 6) is -0.313. The third-order valence-electron chi connectivity index (χ3n) is 3.14. The maximum absolute atomic E-state index is 12.2. The minimum absolute atomic E-state index is 0.0346. The van der Waals surface area contributed by atoms with Crippen LogP contribution >= 0.6 is 11.8 Å². The summed E-state index contributed by atoms with van der Waals surface area (Å²) in [5, 5.41) is 19.4. The number of carbonyl (C=O) groups excluding carboxylic acids is 1. The molecule has 0 amide bonds. The number of Topliss-reactive ketones (excluding diaryl/α,β-unsaturated/α-hetero) is 1. The zero-order valence-corrected chi connectivity index (χ0v) is 13.1. The van der Waals surface area contributed by atoms with Gasteiger partial charge in [-0.3, -0.25) is 4.79 Å². The number of ketones is 1. The number of hydrogen-bond donors (Lipinski definition) is 2. The molecule has 0 saturated heterocycles. The number of fused-ring (bicyclic) bond motifs is 2. The molecular formula is C17H18O3S. The molecule has 0 aromatic heterocycles. The quantitative estimate of drug-likeness (QED) is 0.761. The fourth-order valence-corrected chi connectivity index (χ4v) is 3.48. The molecule has 3 rings (SSSR count). The second-order valence-corrected chi connectivity index (χ2v) is 5.74. The van der Waals surface area contributed by atoms with Crippen molar-refractivity contribution in [1.82, 2.24) is 0 Å². The molecule has 0 radical (unpaired) electrons. The monoisotopic (exact) mass is 302 g/mol. The van der Waals surface area contributed by atoms with Gasteiger partial charge in [0.2, 0.25) is 0 Å². The smallest absolute Gasteiger partial charge is 0.172 e. The molecule has 1 heterocycles. The van der Waals surface area contributed by atoms with Crippen molar-refractivity contribution in [2.24, 2.45) is 0 Å². The zero-order chi connectivity index (χ0) is 15.6. The van der Waals surface area contributed by atoms with Gasteiger partial charge in [0.15, 0.2) is 5.78 Å². The number of rotatable bonds is 0. The van der Waals surface area contributed by atoms with Crippen LogP contribution in [0.3, 0.4) is 0 Å². The Morgan fingerprint density at radius 3 is 2.48 bits per heavy atom. The van der Waals surface area contributed by atoms with Crippen molar-refractivity contribution in [1.29, 1.82) is 0 Å². The summed E-state index contributed by atoms with van der Waals surface area (Å²) in [6.07, 6.45) is 0.272. The Bertz CT molecular complexity index is 693. The lowest BCUT2D eigenvalue weighted by atomic mass is 10.0. The van der Waals surface area contributed by atoms with Gasteiger partial charge >= 0.3 is 0 Å². The number of phenolic OH excluding ortho intramolecular Hbond substituents is 2. The molecule has 0 atom stereocenters. The third kappa shape index (κ3) is 3.05. The van der Waals surface area contributed by atoms with Crippen molar-refractivity contribution < 1.29 is 15.0 Å². The number of aryl methyl sites for hydroxylation is 1. The average molecular weight is 302 g/mol. The number of hydrogen-bond acceptors (Lipinski definition) is 4. The average Bonchev–Trinajstić information content (AvgIpc) is 2.56. The van der Waals surface area contributed by atoms with Crippen molar-refractivity contribution in [2.75, 3.05) is 0 Å². The van der Waals surface area contributed by atoms with Crippen LogP contribution in [0.5, 0.6) is 11.5 Å². The highest BCUT2D eigenvalue weighted by molar-refractivity contribution is 7.99. The van der Waals surface area contributed by atoms with E-state index in [0.29, 0.717) is 10.5 Å². The van der Waals surface area contributed by atoms with Gasteiger partial charge in [0, 0.05) is 22.3 Å². The van der Waals surface area contributed by atoms with Gasteiger partial charge in [-0.25, -0.2) is 0 Å². The van der Waals surface area contributed by atoms with Crippen molar-refractivity contribution in [3.63, 3.8) is 0 Å².